The van der Waals surface area contributed by atoms with Crippen LogP contribution in [0.25, 0.3) is 11.4 Å². The van der Waals surface area contributed by atoms with Crippen molar-refractivity contribution < 1.29 is 9.32 Å². The standard InChI is InChI=1S/C19H24N4O2/c24-18(23-12-4-7-14-5-1-2-8-16(14)23)10-9-17-21-19(22-25-17)15-6-3-11-20-13-15/h3,6,11,13-14,16H,1-2,4-5,7-10,12H2/t14-,16+/m0/s1. The van der Waals surface area contributed by atoms with Crippen molar-refractivity contribution in [1.29, 1.82) is 0 Å². The van der Waals surface area contributed by atoms with Gasteiger partial charge in [0.2, 0.25) is 17.6 Å². The van der Waals surface area contributed by atoms with Crippen LogP contribution >= 0.6 is 0 Å². The van der Waals surface area contributed by atoms with Gasteiger partial charge >= 0.3 is 0 Å². The molecule has 1 aliphatic carbocycles. The van der Waals surface area contributed by atoms with Gasteiger partial charge in [-0.05, 0) is 43.7 Å². The van der Waals surface area contributed by atoms with Crippen molar-refractivity contribution in [3.05, 3.63) is 30.4 Å². The quantitative estimate of drug-likeness (QED) is 0.854. The molecule has 1 aliphatic heterocycles. The third-order valence-corrected chi connectivity index (χ3v) is 5.50. The molecule has 0 unspecified atom stereocenters. The largest absolute Gasteiger partial charge is 0.339 e. The second kappa shape index (κ2) is 7.33. The Morgan fingerprint density at radius 1 is 1.24 bits per heavy atom. The van der Waals surface area contributed by atoms with Crippen LogP contribution in [-0.2, 0) is 11.2 Å². The van der Waals surface area contributed by atoms with Gasteiger partial charge in [-0.15, -0.1) is 0 Å². The Balaban J connectivity index is 1.36. The van der Waals surface area contributed by atoms with E-state index in [4.69, 9.17) is 4.52 Å². The second-order valence-electron chi connectivity index (χ2n) is 7.09. The van der Waals surface area contributed by atoms with Crippen molar-refractivity contribution in [2.75, 3.05) is 6.54 Å². The maximum Gasteiger partial charge on any atom is 0.227 e. The number of fused-ring (bicyclic) bond motifs is 1. The first-order valence-corrected chi connectivity index (χ1v) is 9.34. The summed E-state index contributed by atoms with van der Waals surface area (Å²) in [5, 5.41) is 3.99. The number of amides is 1. The van der Waals surface area contributed by atoms with Crippen LogP contribution in [0.15, 0.2) is 29.0 Å². The number of carbonyl (C=O) groups excluding carboxylic acids is 1. The SMILES string of the molecule is O=C(CCc1nc(-c2cccnc2)no1)N1CCC[C@@H]2CCCC[C@H]21. The number of piperidine rings is 1. The number of nitrogens with zero attached hydrogens (tertiary/aromatic N) is 4. The van der Waals surface area contributed by atoms with Gasteiger partial charge in [-0.1, -0.05) is 18.0 Å². The molecule has 2 aliphatic rings. The fourth-order valence-corrected chi connectivity index (χ4v) is 4.26. The smallest absolute Gasteiger partial charge is 0.227 e. The molecule has 2 atom stereocenters. The van der Waals surface area contributed by atoms with Gasteiger partial charge in [0, 0.05) is 43.4 Å². The lowest BCUT2D eigenvalue weighted by molar-refractivity contribution is -0.137. The van der Waals surface area contributed by atoms with Gasteiger partial charge in [-0.3, -0.25) is 9.78 Å². The fraction of sp³-hybridized carbons (Fsp3) is 0.579. The maximum atomic E-state index is 12.7. The van der Waals surface area contributed by atoms with Crippen molar-refractivity contribution >= 4 is 5.91 Å². The highest BCUT2D eigenvalue weighted by atomic mass is 16.5. The van der Waals surface area contributed by atoms with Gasteiger partial charge in [0.25, 0.3) is 0 Å². The molecule has 132 valence electrons. The summed E-state index contributed by atoms with van der Waals surface area (Å²) in [5.41, 5.74) is 0.824. The first-order chi connectivity index (χ1) is 12.3. The molecule has 0 radical (unpaired) electrons. The Morgan fingerprint density at radius 2 is 2.12 bits per heavy atom. The molecule has 0 aromatic carbocycles. The van der Waals surface area contributed by atoms with Crippen LogP contribution in [-0.4, -0.2) is 38.5 Å². The molecule has 1 saturated carbocycles. The number of hydrogen-bond acceptors (Lipinski definition) is 5. The van der Waals surface area contributed by atoms with E-state index in [1.807, 2.05) is 12.1 Å². The molecule has 0 spiro atoms. The Bertz CT molecular complexity index is 713. The molecule has 6 heteroatoms. The predicted molar refractivity (Wildman–Crippen MR) is 92.5 cm³/mol. The number of likely N-dealkylation sites (tertiary alicyclic amines) is 1. The van der Waals surface area contributed by atoms with Crippen molar-refractivity contribution in [2.45, 2.75) is 57.4 Å². The highest BCUT2D eigenvalue weighted by molar-refractivity contribution is 5.76. The summed E-state index contributed by atoms with van der Waals surface area (Å²) in [4.78, 5) is 23.3. The van der Waals surface area contributed by atoms with E-state index < -0.39 is 0 Å². The third-order valence-electron chi connectivity index (χ3n) is 5.50. The molecule has 2 aromatic rings. The number of hydrogen-bond donors (Lipinski definition) is 0. The summed E-state index contributed by atoms with van der Waals surface area (Å²) in [6.07, 6.45) is 11.8. The van der Waals surface area contributed by atoms with E-state index >= 15 is 0 Å². The molecule has 6 nitrogen and oxygen atoms in total. The summed E-state index contributed by atoms with van der Waals surface area (Å²) >= 11 is 0. The van der Waals surface area contributed by atoms with E-state index in [1.165, 1.54) is 32.1 Å². The first kappa shape index (κ1) is 16.2. The summed E-state index contributed by atoms with van der Waals surface area (Å²) in [6, 6.07) is 4.19. The van der Waals surface area contributed by atoms with Crippen LogP contribution in [0.3, 0.4) is 0 Å². The Hall–Kier alpha value is -2.24. The van der Waals surface area contributed by atoms with Crippen molar-refractivity contribution in [2.24, 2.45) is 5.92 Å². The van der Waals surface area contributed by atoms with Gasteiger partial charge in [0.15, 0.2) is 0 Å². The predicted octanol–water partition coefficient (Wildman–Crippen LogP) is 3.25. The van der Waals surface area contributed by atoms with Crippen molar-refractivity contribution in [3.63, 3.8) is 0 Å². The van der Waals surface area contributed by atoms with Gasteiger partial charge in [0.05, 0.1) is 0 Å². The number of aromatic nitrogens is 3. The Morgan fingerprint density at radius 3 is 3.00 bits per heavy atom. The lowest BCUT2D eigenvalue weighted by Gasteiger charge is -2.44. The average molecular weight is 340 g/mol. The zero-order valence-electron chi connectivity index (χ0n) is 14.4. The zero-order chi connectivity index (χ0) is 17.1. The van der Waals surface area contributed by atoms with Gasteiger partial charge in [-0.25, -0.2) is 0 Å². The van der Waals surface area contributed by atoms with Crippen molar-refractivity contribution in [1.82, 2.24) is 20.0 Å². The minimum atomic E-state index is 0.234. The fourth-order valence-electron chi connectivity index (χ4n) is 4.26. The molecule has 1 amide bonds. The van der Waals surface area contributed by atoms with E-state index in [0.29, 0.717) is 36.5 Å². The van der Waals surface area contributed by atoms with Gasteiger partial charge < -0.3 is 9.42 Å². The summed E-state index contributed by atoms with van der Waals surface area (Å²) in [6.45, 7) is 0.908. The average Bonchev–Trinajstić information content (AvgIpc) is 3.15. The molecule has 0 bridgehead atoms. The van der Waals surface area contributed by atoms with Crippen LogP contribution in [0, 0.1) is 5.92 Å². The molecule has 3 heterocycles. The normalized spacial score (nSPS) is 23.3. The molecule has 1 saturated heterocycles. The van der Waals surface area contributed by atoms with E-state index in [1.54, 1.807) is 12.4 Å². The molecule has 4 rings (SSSR count). The van der Waals surface area contributed by atoms with Crippen LogP contribution in [0.2, 0.25) is 0 Å². The van der Waals surface area contributed by atoms with Crippen LogP contribution in [0.4, 0.5) is 0 Å². The minimum Gasteiger partial charge on any atom is -0.339 e. The van der Waals surface area contributed by atoms with Gasteiger partial charge in [0.1, 0.15) is 0 Å². The molecule has 25 heavy (non-hydrogen) atoms. The molecular weight excluding hydrogens is 316 g/mol. The first-order valence-electron chi connectivity index (χ1n) is 9.34. The lowest BCUT2D eigenvalue weighted by Crippen LogP contribution is -2.49. The topological polar surface area (TPSA) is 72.1 Å². The van der Waals surface area contributed by atoms with Gasteiger partial charge in [-0.2, -0.15) is 4.98 Å². The zero-order valence-corrected chi connectivity index (χ0v) is 14.4. The highest BCUT2D eigenvalue weighted by Crippen LogP contribution is 2.35. The molecule has 2 aromatic heterocycles. The van der Waals surface area contributed by atoms with E-state index in [9.17, 15) is 4.79 Å². The maximum absolute atomic E-state index is 12.7. The summed E-state index contributed by atoms with van der Waals surface area (Å²) in [7, 11) is 0. The minimum absolute atomic E-state index is 0.234. The second-order valence-corrected chi connectivity index (χ2v) is 7.09. The Kier molecular flexibility index (Phi) is 4.76. The monoisotopic (exact) mass is 340 g/mol. The summed E-state index contributed by atoms with van der Waals surface area (Å²) in [5.74, 6) is 2.00. The van der Waals surface area contributed by atoms with E-state index in [2.05, 4.69) is 20.0 Å². The summed E-state index contributed by atoms with van der Waals surface area (Å²) < 4.78 is 5.30. The van der Waals surface area contributed by atoms with Crippen LogP contribution < -0.4 is 0 Å². The molecule has 0 N–H and O–H groups in total. The lowest BCUT2D eigenvalue weighted by atomic mass is 9.78. The molecule has 2 fully saturated rings. The third kappa shape index (κ3) is 3.57. The Labute approximate surface area is 147 Å². The number of aryl methyl sites for hydroxylation is 1. The van der Waals surface area contributed by atoms with Crippen LogP contribution in [0.5, 0.6) is 0 Å². The van der Waals surface area contributed by atoms with E-state index in [0.717, 1.165) is 18.5 Å². The molecular formula is C19H24N4O2. The van der Waals surface area contributed by atoms with Crippen molar-refractivity contribution in [3.8, 4) is 11.4 Å². The highest BCUT2D eigenvalue weighted by Gasteiger charge is 2.35. The number of pyridine rings is 1. The van der Waals surface area contributed by atoms with E-state index in [-0.39, 0.29) is 5.91 Å². The number of rotatable bonds is 4. The van der Waals surface area contributed by atoms with Crippen LogP contribution in [0.1, 0.15) is 50.8 Å². The number of carbonyl (C=O) groups is 1.